The minimum absolute atomic E-state index is 0.0313. The summed E-state index contributed by atoms with van der Waals surface area (Å²) in [6, 6.07) is 6.03. The Balaban J connectivity index is 2.46. The molecule has 1 aromatic carbocycles. The third-order valence-corrected chi connectivity index (χ3v) is 4.49. The van der Waals surface area contributed by atoms with Crippen molar-refractivity contribution in [3.05, 3.63) is 33.8 Å². The van der Waals surface area contributed by atoms with Crippen LogP contribution in [0.1, 0.15) is 30.4 Å². The third kappa shape index (κ3) is 1.89. The number of ether oxygens (including phenoxy) is 1. The Bertz CT molecular complexity index is 461. The zero-order chi connectivity index (χ0) is 12.6. The topological polar surface area (TPSA) is 52.3 Å². The molecule has 2 N–H and O–H groups in total. The van der Waals surface area contributed by atoms with E-state index in [2.05, 4.69) is 15.9 Å². The second kappa shape index (κ2) is 4.42. The van der Waals surface area contributed by atoms with Gasteiger partial charge in [0.15, 0.2) is 0 Å². The maximum Gasteiger partial charge on any atom is 0.326 e. The molecule has 2 atom stereocenters. The molecule has 0 saturated heterocycles. The molecule has 0 bridgehead atoms. The number of methoxy groups -OCH3 is 1. The number of fused-ring (bicyclic) bond motifs is 1. The summed E-state index contributed by atoms with van der Waals surface area (Å²) in [5.74, 6) is -0.355. The summed E-state index contributed by atoms with van der Waals surface area (Å²) in [6.45, 7) is 1.99. The first-order valence-corrected chi connectivity index (χ1v) is 6.44. The number of nitrogens with two attached hydrogens (primary N) is 1. The predicted octanol–water partition coefficient (Wildman–Crippen LogP) is 2.37. The van der Waals surface area contributed by atoms with Crippen molar-refractivity contribution in [2.24, 2.45) is 5.73 Å². The largest absolute Gasteiger partial charge is 0.468 e. The van der Waals surface area contributed by atoms with Crippen molar-refractivity contribution < 1.29 is 9.53 Å². The lowest BCUT2D eigenvalue weighted by Crippen LogP contribution is -2.55. The lowest BCUT2D eigenvalue weighted by molar-refractivity contribution is -0.148. The van der Waals surface area contributed by atoms with Gasteiger partial charge >= 0.3 is 5.97 Å². The molecule has 3 nitrogen and oxygen atoms in total. The lowest BCUT2D eigenvalue weighted by Gasteiger charge is -2.38. The molecular formula is C13H16BrNO2. The fraction of sp³-hybridized carbons (Fsp3) is 0.462. The SMILES string of the molecule is COC(=O)C1(N)CCc2c(Br)cccc2C1C. The van der Waals surface area contributed by atoms with Crippen molar-refractivity contribution in [3.63, 3.8) is 0 Å². The summed E-state index contributed by atoms with van der Waals surface area (Å²) >= 11 is 3.54. The van der Waals surface area contributed by atoms with E-state index in [9.17, 15) is 4.79 Å². The van der Waals surface area contributed by atoms with Gasteiger partial charge in [-0.1, -0.05) is 35.0 Å². The summed E-state index contributed by atoms with van der Waals surface area (Å²) < 4.78 is 5.92. The zero-order valence-corrected chi connectivity index (χ0v) is 11.6. The van der Waals surface area contributed by atoms with Gasteiger partial charge in [-0.15, -0.1) is 0 Å². The number of esters is 1. The summed E-state index contributed by atoms with van der Waals surface area (Å²) in [4.78, 5) is 11.8. The van der Waals surface area contributed by atoms with Crippen LogP contribution >= 0.6 is 15.9 Å². The molecule has 0 fully saturated rings. The van der Waals surface area contributed by atoms with Crippen LogP contribution in [0, 0.1) is 0 Å². The predicted molar refractivity (Wildman–Crippen MR) is 69.8 cm³/mol. The molecule has 0 spiro atoms. The molecule has 0 amide bonds. The first-order valence-electron chi connectivity index (χ1n) is 5.65. The molecule has 0 saturated carbocycles. The molecule has 92 valence electrons. The van der Waals surface area contributed by atoms with Crippen molar-refractivity contribution in [1.29, 1.82) is 0 Å². The Hall–Kier alpha value is -0.870. The molecule has 2 rings (SSSR count). The van der Waals surface area contributed by atoms with Crippen molar-refractivity contribution in [2.75, 3.05) is 7.11 Å². The molecule has 1 aromatic rings. The van der Waals surface area contributed by atoms with E-state index in [-0.39, 0.29) is 11.9 Å². The van der Waals surface area contributed by atoms with E-state index in [1.807, 2.05) is 25.1 Å². The van der Waals surface area contributed by atoms with Gasteiger partial charge in [-0.3, -0.25) is 4.79 Å². The summed E-state index contributed by atoms with van der Waals surface area (Å²) in [5, 5.41) is 0. The van der Waals surface area contributed by atoms with Crippen LogP contribution in [-0.4, -0.2) is 18.6 Å². The number of hydrogen-bond acceptors (Lipinski definition) is 3. The van der Waals surface area contributed by atoms with Gasteiger partial charge in [-0.2, -0.15) is 0 Å². The highest BCUT2D eigenvalue weighted by Crippen LogP contribution is 2.40. The van der Waals surface area contributed by atoms with Crippen molar-refractivity contribution in [1.82, 2.24) is 0 Å². The molecule has 1 aliphatic rings. The molecule has 0 heterocycles. The third-order valence-electron chi connectivity index (χ3n) is 3.75. The van der Waals surface area contributed by atoms with E-state index in [0.717, 1.165) is 16.5 Å². The number of halogens is 1. The highest BCUT2D eigenvalue weighted by Gasteiger charge is 2.44. The molecule has 17 heavy (non-hydrogen) atoms. The van der Waals surface area contributed by atoms with Crippen LogP contribution in [-0.2, 0) is 16.0 Å². The summed E-state index contributed by atoms with van der Waals surface area (Å²) in [7, 11) is 1.39. The second-order valence-corrected chi connectivity index (χ2v) is 5.42. The minimum atomic E-state index is -0.900. The maximum atomic E-state index is 11.8. The smallest absolute Gasteiger partial charge is 0.326 e. The van der Waals surface area contributed by atoms with Crippen LogP contribution < -0.4 is 5.73 Å². The van der Waals surface area contributed by atoms with Gasteiger partial charge in [0.2, 0.25) is 0 Å². The standard InChI is InChI=1S/C13H16BrNO2/c1-8-9-4-3-5-11(14)10(9)6-7-13(8,15)12(16)17-2/h3-5,8H,6-7,15H2,1-2H3. The highest BCUT2D eigenvalue weighted by atomic mass is 79.9. The van der Waals surface area contributed by atoms with Gasteiger partial charge in [-0.05, 0) is 30.0 Å². The Kier molecular flexibility index (Phi) is 3.27. The first-order chi connectivity index (χ1) is 8.00. The second-order valence-electron chi connectivity index (χ2n) is 4.56. The van der Waals surface area contributed by atoms with Gasteiger partial charge in [0, 0.05) is 10.4 Å². The Morgan fingerprint density at radius 1 is 1.59 bits per heavy atom. The molecule has 0 aliphatic heterocycles. The van der Waals surface area contributed by atoms with Gasteiger partial charge in [-0.25, -0.2) is 0 Å². The average Bonchev–Trinajstić information content (AvgIpc) is 2.33. The van der Waals surface area contributed by atoms with E-state index >= 15 is 0 Å². The quantitative estimate of drug-likeness (QED) is 0.810. The van der Waals surface area contributed by atoms with Crippen molar-refractivity contribution in [3.8, 4) is 0 Å². The zero-order valence-electron chi connectivity index (χ0n) is 10.00. The fourth-order valence-electron chi connectivity index (χ4n) is 2.54. The molecule has 0 radical (unpaired) electrons. The molecule has 2 unspecified atom stereocenters. The maximum absolute atomic E-state index is 11.8. The Morgan fingerprint density at radius 2 is 2.29 bits per heavy atom. The van der Waals surface area contributed by atoms with Crippen LogP contribution in [0.2, 0.25) is 0 Å². The fourth-order valence-corrected chi connectivity index (χ4v) is 3.12. The van der Waals surface area contributed by atoms with Gasteiger partial charge in [0.1, 0.15) is 5.54 Å². The number of hydrogen-bond donors (Lipinski definition) is 1. The highest BCUT2D eigenvalue weighted by molar-refractivity contribution is 9.10. The van der Waals surface area contributed by atoms with Crippen LogP contribution in [0.4, 0.5) is 0 Å². The minimum Gasteiger partial charge on any atom is -0.468 e. The van der Waals surface area contributed by atoms with E-state index in [0.29, 0.717) is 6.42 Å². The average molecular weight is 298 g/mol. The van der Waals surface area contributed by atoms with Crippen LogP contribution in [0.25, 0.3) is 0 Å². The van der Waals surface area contributed by atoms with Crippen LogP contribution in [0.3, 0.4) is 0 Å². The first kappa shape index (κ1) is 12.6. The van der Waals surface area contributed by atoms with Gasteiger partial charge < -0.3 is 10.5 Å². The molecular weight excluding hydrogens is 282 g/mol. The lowest BCUT2D eigenvalue weighted by atomic mass is 9.71. The number of benzene rings is 1. The van der Waals surface area contributed by atoms with E-state index in [1.54, 1.807) is 0 Å². The number of carbonyl (C=O) groups is 1. The molecule has 4 heteroatoms. The number of carbonyl (C=O) groups excluding carboxylic acids is 1. The molecule has 0 aromatic heterocycles. The Morgan fingerprint density at radius 3 is 2.94 bits per heavy atom. The number of rotatable bonds is 1. The van der Waals surface area contributed by atoms with E-state index in [4.69, 9.17) is 10.5 Å². The van der Waals surface area contributed by atoms with Crippen molar-refractivity contribution >= 4 is 21.9 Å². The van der Waals surface area contributed by atoms with Gasteiger partial charge in [0.25, 0.3) is 0 Å². The normalized spacial score (nSPS) is 27.4. The van der Waals surface area contributed by atoms with Crippen LogP contribution in [0.5, 0.6) is 0 Å². The van der Waals surface area contributed by atoms with E-state index in [1.165, 1.54) is 12.7 Å². The van der Waals surface area contributed by atoms with Crippen molar-refractivity contribution in [2.45, 2.75) is 31.2 Å². The van der Waals surface area contributed by atoms with Gasteiger partial charge in [0.05, 0.1) is 7.11 Å². The monoisotopic (exact) mass is 297 g/mol. The summed E-state index contributed by atoms with van der Waals surface area (Å²) in [6.07, 6.45) is 1.42. The Labute approximate surface area is 109 Å². The molecule has 1 aliphatic carbocycles. The van der Waals surface area contributed by atoms with E-state index < -0.39 is 5.54 Å². The van der Waals surface area contributed by atoms with Crippen LogP contribution in [0.15, 0.2) is 22.7 Å². The summed E-state index contributed by atoms with van der Waals surface area (Å²) in [5.41, 5.74) is 7.72.